The van der Waals surface area contributed by atoms with E-state index in [1.54, 1.807) is 13.1 Å². The fourth-order valence-electron chi connectivity index (χ4n) is 0.440. The van der Waals surface area contributed by atoms with Crippen molar-refractivity contribution in [2.24, 2.45) is 7.05 Å². The van der Waals surface area contributed by atoms with Gasteiger partial charge in [-0.3, -0.25) is 5.41 Å². The quantitative estimate of drug-likeness (QED) is 0.404. The van der Waals surface area contributed by atoms with Gasteiger partial charge in [0, 0.05) is 26.4 Å². The lowest BCUT2D eigenvalue weighted by molar-refractivity contribution is 0.396. The first-order chi connectivity index (χ1) is 6.99. The van der Waals surface area contributed by atoms with Crippen LogP contribution in [-0.2, 0) is 11.8 Å². The molecule has 1 heterocycles. The molecule has 0 spiro atoms. The summed E-state index contributed by atoms with van der Waals surface area (Å²) in [5.74, 6) is 1.31. The van der Waals surface area contributed by atoms with Crippen molar-refractivity contribution < 1.29 is 4.74 Å². The summed E-state index contributed by atoms with van der Waals surface area (Å²) in [6.45, 7) is 9.39. The van der Waals surface area contributed by atoms with Gasteiger partial charge in [0.15, 0.2) is 5.90 Å². The lowest BCUT2D eigenvalue weighted by Gasteiger charge is -1.87. The van der Waals surface area contributed by atoms with Gasteiger partial charge < -0.3 is 14.1 Å². The Balaban J connectivity index is 0. The SMILES string of the molecule is COC(C)=N.Cc1nccn1C.[C-]#[N+]C. The molecule has 0 aliphatic carbocycles. The predicted molar refractivity (Wildman–Crippen MR) is 60.9 cm³/mol. The summed E-state index contributed by atoms with van der Waals surface area (Å²) < 4.78 is 6.31. The molecule has 5 nitrogen and oxygen atoms in total. The second kappa shape index (κ2) is 10.3. The van der Waals surface area contributed by atoms with Gasteiger partial charge in [0.05, 0.1) is 7.11 Å². The van der Waals surface area contributed by atoms with Crippen LogP contribution in [0.5, 0.6) is 0 Å². The largest absolute Gasteiger partial charge is 0.485 e. The Morgan fingerprint density at radius 3 is 2.13 bits per heavy atom. The maximum Gasteiger partial charge on any atom is 0.205 e. The minimum absolute atomic E-state index is 0.255. The Hall–Kier alpha value is -1.83. The molecule has 0 unspecified atom stereocenters. The third-order valence-corrected chi connectivity index (χ3v) is 1.37. The zero-order valence-corrected chi connectivity index (χ0v) is 9.90. The summed E-state index contributed by atoms with van der Waals surface area (Å²) >= 11 is 0. The van der Waals surface area contributed by atoms with E-state index in [0.717, 1.165) is 5.82 Å². The average molecular weight is 210 g/mol. The van der Waals surface area contributed by atoms with E-state index in [-0.39, 0.29) is 5.90 Å². The van der Waals surface area contributed by atoms with Gasteiger partial charge in [0.1, 0.15) is 5.82 Å². The zero-order chi connectivity index (χ0) is 12.3. The average Bonchev–Trinajstić information content (AvgIpc) is 2.53. The third kappa shape index (κ3) is 12.2. The van der Waals surface area contributed by atoms with Crippen LogP contribution in [0.15, 0.2) is 12.4 Å². The molecule has 0 amide bonds. The van der Waals surface area contributed by atoms with Crippen molar-refractivity contribution in [3.8, 4) is 0 Å². The first kappa shape index (κ1) is 15.6. The highest BCUT2D eigenvalue weighted by molar-refractivity contribution is 5.68. The Bertz CT molecular complexity index is 295. The summed E-state index contributed by atoms with van der Waals surface area (Å²) in [6.07, 6.45) is 3.71. The summed E-state index contributed by atoms with van der Waals surface area (Å²) in [5, 5.41) is 6.52. The van der Waals surface area contributed by atoms with Crippen LogP contribution >= 0.6 is 0 Å². The van der Waals surface area contributed by atoms with Crippen molar-refractivity contribution in [1.29, 1.82) is 5.41 Å². The van der Waals surface area contributed by atoms with Crippen molar-refractivity contribution in [2.75, 3.05) is 14.2 Å². The van der Waals surface area contributed by atoms with Crippen LogP contribution < -0.4 is 0 Å². The molecule has 0 atom stereocenters. The van der Waals surface area contributed by atoms with Crippen molar-refractivity contribution >= 4 is 5.90 Å². The number of hydrogen-bond donors (Lipinski definition) is 1. The lowest BCUT2D eigenvalue weighted by Crippen LogP contribution is -1.87. The molecule has 84 valence electrons. The number of ether oxygens (including phenoxy) is 1. The molecule has 5 heteroatoms. The minimum atomic E-state index is 0.255. The van der Waals surface area contributed by atoms with E-state index >= 15 is 0 Å². The number of aryl methyl sites for hydroxylation is 2. The van der Waals surface area contributed by atoms with Gasteiger partial charge in [-0.15, -0.1) is 0 Å². The monoisotopic (exact) mass is 210 g/mol. The molecule has 0 fully saturated rings. The first-order valence-corrected chi connectivity index (χ1v) is 4.28. The molecule has 15 heavy (non-hydrogen) atoms. The molecule has 0 aliphatic heterocycles. The van der Waals surface area contributed by atoms with Gasteiger partial charge in [-0.05, 0) is 6.92 Å². The molecule has 0 aromatic carbocycles. The van der Waals surface area contributed by atoms with Crippen LogP contribution in [0.3, 0.4) is 0 Å². The van der Waals surface area contributed by atoms with Crippen molar-refractivity contribution in [3.63, 3.8) is 0 Å². The normalized spacial score (nSPS) is 7.20. The lowest BCUT2D eigenvalue weighted by atomic mass is 10.7. The molecule has 0 aliphatic rings. The van der Waals surface area contributed by atoms with Gasteiger partial charge in [-0.2, -0.15) is 0 Å². The Kier molecular flexibility index (Phi) is 10.7. The van der Waals surface area contributed by atoms with Gasteiger partial charge in [0.25, 0.3) is 0 Å². The third-order valence-electron chi connectivity index (χ3n) is 1.37. The van der Waals surface area contributed by atoms with E-state index in [1.165, 1.54) is 14.2 Å². The van der Waals surface area contributed by atoms with E-state index in [2.05, 4.69) is 14.6 Å². The summed E-state index contributed by atoms with van der Waals surface area (Å²) in [5.41, 5.74) is 0. The molecular weight excluding hydrogens is 192 g/mol. The van der Waals surface area contributed by atoms with E-state index in [9.17, 15) is 0 Å². The number of hydrogen-bond acceptors (Lipinski definition) is 3. The molecule has 0 bridgehead atoms. The predicted octanol–water partition coefficient (Wildman–Crippen LogP) is 1.89. The van der Waals surface area contributed by atoms with Crippen LogP contribution in [0, 0.1) is 18.9 Å². The van der Waals surface area contributed by atoms with Crippen LogP contribution in [0.2, 0.25) is 0 Å². The number of nitrogens with zero attached hydrogens (tertiary/aromatic N) is 3. The van der Waals surface area contributed by atoms with E-state index in [0.29, 0.717) is 0 Å². The highest BCUT2D eigenvalue weighted by Crippen LogP contribution is 1.86. The minimum Gasteiger partial charge on any atom is -0.485 e. The topological polar surface area (TPSA) is 55.3 Å². The Morgan fingerprint density at radius 2 is 2.07 bits per heavy atom. The number of nitrogens with one attached hydrogen (secondary N) is 1. The molecule has 1 aromatic rings. The molecule has 0 saturated carbocycles. The smallest absolute Gasteiger partial charge is 0.205 e. The molecule has 0 saturated heterocycles. The molecule has 1 aromatic heterocycles. The first-order valence-electron chi connectivity index (χ1n) is 4.28. The summed E-state index contributed by atoms with van der Waals surface area (Å²) in [4.78, 5) is 6.73. The van der Waals surface area contributed by atoms with E-state index in [4.69, 9.17) is 12.0 Å². The standard InChI is InChI=1S/C5H8N2.C3H7NO.C2H3N/c1-5-6-3-4-7(5)2;1-3(4)5-2;1-3-2/h3-4H,1-2H3;4H,1-2H3;1H3. The second-order valence-corrected chi connectivity index (χ2v) is 2.57. The number of rotatable bonds is 0. The fourth-order valence-corrected chi connectivity index (χ4v) is 0.440. The zero-order valence-electron chi connectivity index (χ0n) is 9.90. The molecular formula is C10H18N4O. The summed E-state index contributed by atoms with van der Waals surface area (Å²) in [6, 6.07) is 0. The Morgan fingerprint density at radius 1 is 1.67 bits per heavy atom. The van der Waals surface area contributed by atoms with Gasteiger partial charge in [-0.1, -0.05) is 0 Å². The van der Waals surface area contributed by atoms with Gasteiger partial charge >= 0.3 is 0 Å². The Labute approximate surface area is 91.0 Å². The maximum absolute atomic E-state index is 6.52. The maximum atomic E-state index is 6.52. The van der Waals surface area contributed by atoms with Crippen molar-refractivity contribution in [1.82, 2.24) is 9.55 Å². The van der Waals surface area contributed by atoms with Crippen LogP contribution in [-0.4, -0.2) is 29.6 Å². The number of aromatic nitrogens is 2. The van der Waals surface area contributed by atoms with Gasteiger partial charge in [0.2, 0.25) is 7.05 Å². The van der Waals surface area contributed by atoms with Crippen LogP contribution in [0.25, 0.3) is 4.85 Å². The highest BCUT2D eigenvalue weighted by atomic mass is 16.5. The number of imidazole rings is 1. The van der Waals surface area contributed by atoms with E-state index in [1.807, 2.05) is 24.7 Å². The molecule has 0 radical (unpaired) electrons. The van der Waals surface area contributed by atoms with Crippen molar-refractivity contribution in [2.45, 2.75) is 13.8 Å². The number of methoxy groups -OCH3 is 1. The fraction of sp³-hybridized carbons (Fsp3) is 0.500. The van der Waals surface area contributed by atoms with Crippen LogP contribution in [0.4, 0.5) is 0 Å². The summed E-state index contributed by atoms with van der Waals surface area (Å²) in [7, 11) is 4.87. The van der Waals surface area contributed by atoms with Gasteiger partial charge in [-0.25, -0.2) is 11.6 Å². The van der Waals surface area contributed by atoms with Crippen molar-refractivity contribution in [3.05, 3.63) is 29.6 Å². The molecule has 1 rings (SSSR count). The highest BCUT2D eigenvalue weighted by Gasteiger charge is 1.83. The molecule has 1 N–H and O–H groups in total. The van der Waals surface area contributed by atoms with Crippen LogP contribution in [0.1, 0.15) is 12.7 Å². The second-order valence-electron chi connectivity index (χ2n) is 2.57. The van der Waals surface area contributed by atoms with E-state index < -0.39 is 0 Å².